The van der Waals surface area contributed by atoms with Gasteiger partial charge in [-0.15, -0.1) is 11.3 Å². The van der Waals surface area contributed by atoms with Gasteiger partial charge in [0.2, 0.25) is 0 Å². The third-order valence-corrected chi connectivity index (χ3v) is 7.42. The predicted molar refractivity (Wildman–Crippen MR) is 139 cm³/mol. The number of hydrogen-bond donors (Lipinski definition) is 0. The van der Waals surface area contributed by atoms with E-state index in [1.807, 2.05) is 11.3 Å². The first-order chi connectivity index (χ1) is 15.9. The largest absolute Gasteiger partial charge is 0.309 e. The highest BCUT2D eigenvalue weighted by atomic mass is 32.1. The number of nitrogens with zero attached hydrogens (tertiary/aromatic N) is 1. The third-order valence-electron chi connectivity index (χ3n) is 6.47. The zero-order chi connectivity index (χ0) is 21.1. The molecule has 7 rings (SSSR count). The summed E-state index contributed by atoms with van der Waals surface area (Å²) in [7, 11) is 0. The molecule has 0 saturated carbocycles. The number of hydrogen-bond acceptors (Lipinski definition) is 1. The molecule has 150 valence electrons. The lowest BCUT2D eigenvalue weighted by Crippen LogP contribution is -1.94. The van der Waals surface area contributed by atoms with Gasteiger partial charge in [0.15, 0.2) is 0 Å². The second kappa shape index (κ2) is 6.81. The fraction of sp³-hybridized carbons (Fsp3) is 0. The maximum Gasteiger partial charge on any atom is 0.0634 e. The Morgan fingerprint density at radius 2 is 1.16 bits per heavy atom. The standard InChI is InChI=1S/C30H19NS/c1-2-8-20(9-3-1)21-14-16-22(17-15-21)31-27-13-7-6-12-25(27)28-23-10-4-5-11-24(23)30-26(29(28)31)18-19-32-30/h1-19H. The van der Waals surface area contributed by atoms with Gasteiger partial charge in [-0.1, -0.05) is 84.9 Å². The van der Waals surface area contributed by atoms with Crippen LogP contribution in [0.1, 0.15) is 0 Å². The topological polar surface area (TPSA) is 4.93 Å². The van der Waals surface area contributed by atoms with E-state index < -0.39 is 0 Å². The first kappa shape index (κ1) is 17.8. The maximum absolute atomic E-state index is 2.45. The molecule has 2 heteroatoms. The summed E-state index contributed by atoms with van der Waals surface area (Å²) in [6, 6.07) is 39.4. The van der Waals surface area contributed by atoms with E-state index in [9.17, 15) is 0 Å². The molecule has 2 heterocycles. The van der Waals surface area contributed by atoms with Crippen molar-refractivity contribution in [1.82, 2.24) is 4.57 Å². The van der Waals surface area contributed by atoms with Gasteiger partial charge in [-0.05, 0) is 46.2 Å². The fourth-order valence-corrected chi connectivity index (χ4v) is 6.01. The molecule has 5 aromatic carbocycles. The van der Waals surface area contributed by atoms with Gasteiger partial charge in [0.05, 0.1) is 11.0 Å². The van der Waals surface area contributed by atoms with E-state index in [1.165, 1.54) is 59.5 Å². The second-order valence-corrected chi connectivity index (χ2v) is 9.11. The Morgan fingerprint density at radius 3 is 1.97 bits per heavy atom. The van der Waals surface area contributed by atoms with Crippen LogP contribution in [0.2, 0.25) is 0 Å². The average Bonchev–Trinajstić information content (AvgIpc) is 3.48. The molecule has 0 bridgehead atoms. The Kier molecular flexibility index (Phi) is 3.78. The van der Waals surface area contributed by atoms with Crippen LogP contribution < -0.4 is 0 Å². The average molecular weight is 426 g/mol. The van der Waals surface area contributed by atoms with Crippen LogP contribution in [0, 0.1) is 0 Å². The monoisotopic (exact) mass is 425 g/mol. The minimum Gasteiger partial charge on any atom is -0.309 e. The molecule has 2 aromatic heterocycles. The SMILES string of the molecule is c1ccc(-c2ccc(-n3c4ccccc4c4c5ccccc5c5sccc5c43)cc2)cc1. The number of benzene rings is 5. The highest BCUT2D eigenvalue weighted by molar-refractivity contribution is 7.18. The molecule has 0 N–H and O–H groups in total. The van der Waals surface area contributed by atoms with Gasteiger partial charge in [0.1, 0.15) is 0 Å². The van der Waals surface area contributed by atoms with Crippen LogP contribution >= 0.6 is 11.3 Å². The summed E-state index contributed by atoms with van der Waals surface area (Å²) in [6.07, 6.45) is 0. The van der Waals surface area contributed by atoms with E-state index in [0.717, 1.165) is 0 Å². The predicted octanol–water partition coefficient (Wildman–Crippen LogP) is 8.82. The van der Waals surface area contributed by atoms with Gasteiger partial charge < -0.3 is 4.57 Å². The van der Waals surface area contributed by atoms with Crippen LogP contribution in [-0.2, 0) is 0 Å². The molecular weight excluding hydrogens is 406 g/mol. The van der Waals surface area contributed by atoms with Gasteiger partial charge >= 0.3 is 0 Å². The van der Waals surface area contributed by atoms with E-state index in [1.54, 1.807) is 0 Å². The minimum atomic E-state index is 1.19. The Morgan fingerprint density at radius 1 is 0.500 bits per heavy atom. The molecule has 0 unspecified atom stereocenters. The van der Waals surface area contributed by atoms with Crippen molar-refractivity contribution in [2.45, 2.75) is 0 Å². The quantitative estimate of drug-likeness (QED) is 0.261. The first-order valence-electron chi connectivity index (χ1n) is 10.9. The summed E-state index contributed by atoms with van der Waals surface area (Å²) < 4.78 is 3.80. The van der Waals surface area contributed by atoms with E-state index in [-0.39, 0.29) is 0 Å². The van der Waals surface area contributed by atoms with Crippen LogP contribution in [0.15, 0.2) is 115 Å². The molecule has 0 spiro atoms. The molecule has 0 fully saturated rings. The zero-order valence-electron chi connectivity index (χ0n) is 17.3. The second-order valence-electron chi connectivity index (χ2n) is 8.20. The fourth-order valence-electron chi connectivity index (χ4n) is 5.07. The zero-order valence-corrected chi connectivity index (χ0v) is 18.1. The van der Waals surface area contributed by atoms with Gasteiger partial charge in [-0.3, -0.25) is 0 Å². The van der Waals surface area contributed by atoms with Gasteiger partial charge in [0, 0.05) is 31.9 Å². The number of para-hydroxylation sites is 1. The summed E-state index contributed by atoms with van der Waals surface area (Å²) in [5, 5.41) is 8.86. The lowest BCUT2D eigenvalue weighted by molar-refractivity contribution is 1.19. The molecule has 0 atom stereocenters. The number of rotatable bonds is 2. The van der Waals surface area contributed by atoms with E-state index >= 15 is 0 Å². The van der Waals surface area contributed by atoms with Crippen molar-refractivity contribution in [3.8, 4) is 16.8 Å². The molecule has 0 saturated heterocycles. The molecule has 0 aliphatic carbocycles. The lowest BCUT2D eigenvalue weighted by atomic mass is 10.0. The van der Waals surface area contributed by atoms with E-state index in [0.29, 0.717) is 0 Å². The third kappa shape index (κ3) is 2.44. The number of thiophene rings is 1. The van der Waals surface area contributed by atoms with Gasteiger partial charge in [-0.2, -0.15) is 0 Å². The summed E-state index contributed by atoms with van der Waals surface area (Å²) in [5.41, 5.74) is 6.22. The molecule has 0 radical (unpaired) electrons. The van der Waals surface area contributed by atoms with Crippen molar-refractivity contribution >= 4 is 54.0 Å². The van der Waals surface area contributed by atoms with E-state index in [4.69, 9.17) is 0 Å². The Balaban J connectivity index is 1.61. The van der Waals surface area contributed by atoms with Crippen molar-refractivity contribution in [3.05, 3.63) is 115 Å². The van der Waals surface area contributed by atoms with Crippen molar-refractivity contribution in [2.75, 3.05) is 0 Å². The van der Waals surface area contributed by atoms with Crippen molar-refractivity contribution in [2.24, 2.45) is 0 Å². The lowest BCUT2D eigenvalue weighted by Gasteiger charge is -2.11. The molecule has 1 nitrogen and oxygen atoms in total. The minimum absolute atomic E-state index is 1.19. The van der Waals surface area contributed by atoms with Crippen LogP contribution in [0.4, 0.5) is 0 Å². The highest BCUT2D eigenvalue weighted by Gasteiger charge is 2.19. The van der Waals surface area contributed by atoms with Crippen LogP contribution in [0.25, 0.3) is 59.5 Å². The molecule has 32 heavy (non-hydrogen) atoms. The normalized spacial score (nSPS) is 11.8. The van der Waals surface area contributed by atoms with Gasteiger partial charge in [-0.25, -0.2) is 0 Å². The molecule has 0 amide bonds. The molecular formula is C30H19NS. The smallest absolute Gasteiger partial charge is 0.0634 e. The summed E-state index contributed by atoms with van der Waals surface area (Å²) in [5.74, 6) is 0. The van der Waals surface area contributed by atoms with Gasteiger partial charge in [0.25, 0.3) is 0 Å². The maximum atomic E-state index is 2.45. The Labute approximate surface area is 189 Å². The molecule has 7 aromatic rings. The molecule has 0 aliphatic rings. The summed E-state index contributed by atoms with van der Waals surface area (Å²) in [4.78, 5) is 0. The summed E-state index contributed by atoms with van der Waals surface area (Å²) in [6.45, 7) is 0. The number of aromatic nitrogens is 1. The molecule has 0 aliphatic heterocycles. The van der Waals surface area contributed by atoms with Crippen LogP contribution in [0.5, 0.6) is 0 Å². The van der Waals surface area contributed by atoms with Crippen molar-refractivity contribution in [1.29, 1.82) is 0 Å². The number of fused-ring (bicyclic) bond motifs is 8. The summed E-state index contributed by atoms with van der Waals surface area (Å²) >= 11 is 1.83. The van der Waals surface area contributed by atoms with Crippen molar-refractivity contribution in [3.63, 3.8) is 0 Å². The van der Waals surface area contributed by atoms with Crippen LogP contribution in [0.3, 0.4) is 0 Å². The Hall–Kier alpha value is -3.88. The highest BCUT2D eigenvalue weighted by Crippen LogP contribution is 2.43. The Bertz CT molecular complexity index is 1750. The van der Waals surface area contributed by atoms with Crippen molar-refractivity contribution < 1.29 is 0 Å². The van der Waals surface area contributed by atoms with E-state index in [2.05, 4.69) is 119 Å². The van der Waals surface area contributed by atoms with Crippen LogP contribution in [-0.4, -0.2) is 4.57 Å². The first-order valence-corrected chi connectivity index (χ1v) is 11.7.